The average molecular weight is 328 g/mol. The minimum atomic E-state index is 0.0850. The van der Waals surface area contributed by atoms with Crippen LogP contribution in [0.2, 0.25) is 0 Å². The summed E-state index contributed by atoms with van der Waals surface area (Å²) in [5.41, 5.74) is 1.79. The summed E-state index contributed by atoms with van der Waals surface area (Å²) in [6.45, 7) is 0. The molecule has 4 heteroatoms. The second kappa shape index (κ2) is 8.32. The molecule has 0 saturated heterocycles. The third-order valence-corrected chi connectivity index (χ3v) is 5.05. The number of carbonyl (C=O) groups excluding carboxylic acids is 2. The number of carbonyl (C=O) groups is 2. The van der Waals surface area contributed by atoms with Gasteiger partial charge in [0.05, 0.1) is 6.42 Å². The molecular formula is C20H28N2O2. The van der Waals surface area contributed by atoms with Gasteiger partial charge < -0.3 is 10.6 Å². The van der Waals surface area contributed by atoms with Crippen molar-refractivity contribution in [2.24, 2.45) is 5.92 Å². The Labute approximate surface area is 144 Å². The van der Waals surface area contributed by atoms with Gasteiger partial charge in [-0.3, -0.25) is 9.59 Å². The first kappa shape index (κ1) is 17.0. The predicted octanol–water partition coefficient (Wildman–Crippen LogP) is 3.81. The first-order valence-electron chi connectivity index (χ1n) is 9.37. The van der Waals surface area contributed by atoms with Gasteiger partial charge in [-0.2, -0.15) is 0 Å². The molecule has 2 N–H and O–H groups in total. The molecule has 2 aliphatic carbocycles. The molecule has 0 heterocycles. The minimum absolute atomic E-state index is 0.0850. The highest BCUT2D eigenvalue weighted by Crippen LogP contribution is 2.27. The van der Waals surface area contributed by atoms with E-state index in [2.05, 4.69) is 10.6 Å². The van der Waals surface area contributed by atoms with E-state index in [-0.39, 0.29) is 11.8 Å². The van der Waals surface area contributed by atoms with Crippen molar-refractivity contribution < 1.29 is 9.59 Å². The lowest BCUT2D eigenvalue weighted by atomic mass is 9.86. The Bertz CT molecular complexity index is 558. The lowest BCUT2D eigenvalue weighted by Gasteiger charge is -2.21. The number of rotatable bonds is 7. The van der Waals surface area contributed by atoms with E-state index in [1.54, 1.807) is 0 Å². The fourth-order valence-electron chi connectivity index (χ4n) is 3.43. The fraction of sp³-hybridized carbons (Fsp3) is 0.600. The summed E-state index contributed by atoms with van der Waals surface area (Å²) in [5.74, 6) is 0.915. The molecule has 0 radical (unpaired) electrons. The number of benzene rings is 1. The monoisotopic (exact) mass is 328 g/mol. The van der Waals surface area contributed by atoms with Crippen LogP contribution in [0.4, 0.5) is 5.69 Å². The van der Waals surface area contributed by atoms with Gasteiger partial charge >= 0.3 is 0 Å². The first-order valence-corrected chi connectivity index (χ1v) is 9.37. The van der Waals surface area contributed by atoms with Crippen LogP contribution >= 0.6 is 0 Å². The average Bonchev–Trinajstić information content (AvgIpc) is 3.39. The summed E-state index contributed by atoms with van der Waals surface area (Å²) in [6, 6.07) is 8.02. The minimum Gasteiger partial charge on any atom is -0.353 e. The zero-order valence-corrected chi connectivity index (χ0v) is 14.4. The highest BCUT2D eigenvalue weighted by Gasteiger charge is 2.23. The lowest BCUT2D eigenvalue weighted by molar-refractivity contribution is -0.120. The highest BCUT2D eigenvalue weighted by atomic mass is 16.2. The van der Waals surface area contributed by atoms with E-state index >= 15 is 0 Å². The van der Waals surface area contributed by atoms with Crippen LogP contribution in [0.1, 0.15) is 63.4 Å². The van der Waals surface area contributed by atoms with E-state index in [0.29, 0.717) is 18.9 Å². The van der Waals surface area contributed by atoms with Gasteiger partial charge in [0.2, 0.25) is 11.8 Å². The fourth-order valence-corrected chi connectivity index (χ4v) is 3.43. The van der Waals surface area contributed by atoms with E-state index in [4.69, 9.17) is 0 Å². The molecule has 2 amide bonds. The van der Waals surface area contributed by atoms with Crippen LogP contribution in [0.25, 0.3) is 0 Å². The molecule has 2 aliphatic rings. The number of amides is 2. The van der Waals surface area contributed by atoms with Gasteiger partial charge in [0.1, 0.15) is 0 Å². The van der Waals surface area contributed by atoms with Gasteiger partial charge in [0, 0.05) is 18.2 Å². The Morgan fingerprint density at radius 1 is 0.917 bits per heavy atom. The largest absolute Gasteiger partial charge is 0.353 e. The van der Waals surface area contributed by atoms with Gasteiger partial charge in [0.25, 0.3) is 0 Å². The maximum absolute atomic E-state index is 12.1. The van der Waals surface area contributed by atoms with Crippen LogP contribution in [0.15, 0.2) is 24.3 Å². The van der Waals surface area contributed by atoms with Crippen molar-refractivity contribution in [1.29, 1.82) is 0 Å². The second-order valence-corrected chi connectivity index (χ2v) is 7.31. The van der Waals surface area contributed by atoms with E-state index in [0.717, 1.165) is 36.4 Å². The molecule has 2 fully saturated rings. The van der Waals surface area contributed by atoms with Gasteiger partial charge in [-0.15, -0.1) is 0 Å². The molecule has 0 atom stereocenters. The van der Waals surface area contributed by atoms with E-state index < -0.39 is 0 Å². The van der Waals surface area contributed by atoms with Crippen molar-refractivity contribution in [2.75, 3.05) is 5.32 Å². The highest BCUT2D eigenvalue weighted by molar-refractivity contribution is 5.90. The number of anilines is 1. The molecule has 0 unspecified atom stereocenters. The van der Waals surface area contributed by atoms with E-state index in [1.807, 2.05) is 24.3 Å². The van der Waals surface area contributed by atoms with Crippen LogP contribution in [0, 0.1) is 5.92 Å². The third kappa shape index (κ3) is 5.66. The maximum Gasteiger partial charge on any atom is 0.224 e. The van der Waals surface area contributed by atoms with Crippen LogP contribution in [0.3, 0.4) is 0 Å². The normalized spacial score (nSPS) is 18.2. The van der Waals surface area contributed by atoms with Crippen molar-refractivity contribution in [1.82, 2.24) is 5.32 Å². The van der Waals surface area contributed by atoms with Gasteiger partial charge in [0.15, 0.2) is 0 Å². The Hall–Kier alpha value is -1.84. The number of hydrogen-bond acceptors (Lipinski definition) is 2. The van der Waals surface area contributed by atoms with Crippen molar-refractivity contribution in [3.8, 4) is 0 Å². The van der Waals surface area contributed by atoms with Crippen LogP contribution in [-0.2, 0) is 16.0 Å². The van der Waals surface area contributed by atoms with Gasteiger partial charge in [-0.25, -0.2) is 0 Å². The maximum atomic E-state index is 12.1. The Morgan fingerprint density at radius 2 is 1.62 bits per heavy atom. The summed E-state index contributed by atoms with van der Waals surface area (Å²) in [5, 5.41) is 5.95. The zero-order valence-electron chi connectivity index (χ0n) is 14.4. The summed E-state index contributed by atoms with van der Waals surface area (Å²) >= 11 is 0. The van der Waals surface area contributed by atoms with Crippen LogP contribution < -0.4 is 10.6 Å². The quantitative estimate of drug-likeness (QED) is 0.799. The Morgan fingerprint density at radius 3 is 2.29 bits per heavy atom. The zero-order chi connectivity index (χ0) is 16.8. The molecule has 0 bridgehead atoms. The van der Waals surface area contributed by atoms with Crippen LogP contribution in [-0.4, -0.2) is 17.9 Å². The smallest absolute Gasteiger partial charge is 0.224 e. The van der Waals surface area contributed by atoms with Crippen molar-refractivity contribution in [3.63, 3.8) is 0 Å². The Balaban J connectivity index is 1.39. The summed E-state index contributed by atoms with van der Waals surface area (Å²) < 4.78 is 0. The Kier molecular flexibility index (Phi) is 5.89. The first-order chi connectivity index (χ1) is 11.7. The SMILES string of the molecule is O=C(CCC1CCCCC1)Nc1ccc(CC(=O)NC2CC2)cc1. The van der Waals surface area contributed by atoms with Gasteiger partial charge in [-0.05, 0) is 42.9 Å². The molecule has 1 aromatic carbocycles. The molecule has 1 aromatic rings. The predicted molar refractivity (Wildman–Crippen MR) is 95.7 cm³/mol. The van der Waals surface area contributed by atoms with Crippen molar-refractivity contribution >= 4 is 17.5 Å². The number of nitrogens with one attached hydrogen (secondary N) is 2. The standard InChI is InChI=1S/C20H28N2O2/c23-19(13-8-15-4-2-1-3-5-15)21-17-9-6-16(7-10-17)14-20(24)22-18-11-12-18/h6-7,9-10,15,18H,1-5,8,11-14H2,(H,21,23)(H,22,24). The lowest BCUT2D eigenvalue weighted by Crippen LogP contribution is -2.26. The van der Waals surface area contributed by atoms with Crippen molar-refractivity contribution in [2.45, 2.75) is 70.3 Å². The molecule has 4 nitrogen and oxygen atoms in total. The van der Waals surface area contributed by atoms with Crippen LogP contribution in [0.5, 0.6) is 0 Å². The van der Waals surface area contributed by atoms with Crippen molar-refractivity contribution in [3.05, 3.63) is 29.8 Å². The summed E-state index contributed by atoms with van der Waals surface area (Å²) in [7, 11) is 0. The molecule has 3 rings (SSSR count). The summed E-state index contributed by atoms with van der Waals surface area (Å²) in [4.78, 5) is 23.9. The summed E-state index contributed by atoms with van der Waals surface area (Å²) in [6.07, 6.45) is 10.8. The van der Waals surface area contributed by atoms with E-state index in [9.17, 15) is 9.59 Å². The molecule has 0 spiro atoms. The molecule has 0 aliphatic heterocycles. The molecule has 130 valence electrons. The topological polar surface area (TPSA) is 58.2 Å². The van der Waals surface area contributed by atoms with E-state index in [1.165, 1.54) is 32.1 Å². The molecule has 24 heavy (non-hydrogen) atoms. The molecular weight excluding hydrogens is 300 g/mol. The molecule has 2 saturated carbocycles. The molecule has 0 aromatic heterocycles. The number of hydrogen-bond donors (Lipinski definition) is 2. The second-order valence-electron chi connectivity index (χ2n) is 7.31. The third-order valence-electron chi connectivity index (χ3n) is 5.05. The van der Waals surface area contributed by atoms with Gasteiger partial charge in [-0.1, -0.05) is 44.2 Å².